The highest BCUT2D eigenvalue weighted by Crippen LogP contribution is 2.23. The Kier molecular flexibility index (Phi) is 5.10. The first-order valence-electron chi connectivity index (χ1n) is 6.31. The fourth-order valence-electron chi connectivity index (χ4n) is 2.07. The quantitative estimate of drug-likeness (QED) is 0.490. The lowest BCUT2D eigenvalue weighted by Crippen LogP contribution is -2.24. The molecule has 1 aliphatic rings. The van der Waals surface area contributed by atoms with E-state index in [2.05, 4.69) is 5.32 Å². The van der Waals surface area contributed by atoms with Crippen LogP contribution >= 0.6 is 11.3 Å². The molecule has 5 nitrogen and oxygen atoms in total. The van der Waals surface area contributed by atoms with Gasteiger partial charge in [-0.05, 0) is 38.3 Å². The summed E-state index contributed by atoms with van der Waals surface area (Å²) in [5.74, 6) is 0. The topological polar surface area (TPSA) is 64.4 Å². The number of hydrogen-bond acceptors (Lipinski definition) is 5. The maximum absolute atomic E-state index is 10.5. The van der Waals surface area contributed by atoms with Gasteiger partial charge in [-0.2, -0.15) is 0 Å². The van der Waals surface area contributed by atoms with E-state index in [1.165, 1.54) is 24.2 Å². The highest BCUT2D eigenvalue weighted by molar-refractivity contribution is 7.15. The Hall–Kier alpha value is -0.980. The maximum Gasteiger partial charge on any atom is 0.324 e. The molecule has 2 rings (SSSR count). The number of nitrogens with one attached hydrogen (secondary N) is 1. The highest BCUT2D eigenvalue weighted by atomic mass is 32.1. The monoisotopic (exact) mass is 270 g/mol. The number of nitrogens with zero attached hydrogens (tertiary/aromatic N) is 1. The summed E-state index contributed by atoms with van der Waals surface area (Å²) >= 11 is 1.23. The third kappa shape index (κ3) is 4.04. The largest absolute Gasteiger partial charge is 0.378 e. The summed E-state index contributed by atoms with van der Waals surface area (Å²) in [6, 6.07) is 3.37. The van der Waals surface area contributed by atoms with Gasteiger partial charge in [-0.15, -0.1) is 0 Å². The molecule has 1 aromatic rings. The van der Waals surface area contributed by atoms with Gasteiger partial charge in [0.25, 0.3) is 0 Å². The van der Waals surface area contributed by atoms with Crippen LogP contribution < -0.4 is 5.32 Å². The molecule has 1 aliphatic heterocycles. The van der Waals surface area contributed by atoms with Crippen LogP contribution in [0.1, 0.15) is 30.6 Å². The van der Waals surface area contributed by atoms with Gasteiger partial charge in [-0.3, -0.25) is 10.1 Å². The van der Waals surface area contributed by atoms with Gasteiger partial charge in [0.2, 0.25) is 0 Å². The number of ether oxygens (including phenoxy) is 1. The second-order valence-corrected chi connectivity index (χ2v) is 5.60. The van der Waals surface area contributed by atoms with Crippen molar-refractivity contribution in [3.63, 3.8) is 0 Å². The van der Waals surface area contributed by atoms with E-state index < -0.39 is 0 Å². The van der Waals surface area contributed by atoms with Crippen molar-refractivity contribution in [2.45, 2.75) is 38.3 Å². The van der Waals surface area contributed by atoms with Crippen LogP contribution in [0.5, 0.6) is 0 Å². The van der Waals surface area contributed by atoms with Crippen molar-refractivity contribution in [3.8, 4) is 0 Å². The predicted molar refractivity (Wildman–Crippen MR) is 70.9 cm³/mol. The van der Waals surface area contributed by atoms with Crippen LogP contribution in [0.25, 0.3) is 0 Å². The zero-order valence-electron chi connectivity index (χ0n) is 10.3. The molecule has 0 bridgehead atoms. The van der Waals surface area contributed by atoms with Gasteiger partial charge in [0.15, 0.2) is 0 Å². The Balaban J connectivity index is 1.63. The number of hydrogen-bond donors (Lipinski definition) is 1. The van der Waals surface area contributed by atoms with E-state index in [1.807, 2.05) is 6.07 Å². The standard InChI is InChI=1S/C12H18N2O3S/c15-14(16)12-5-4-11(18-12)9-13-7-6-10-3-1-2-8-17-10/h4-5,10,13H,1-3,6-9H2. The molecule has 0 amide bonds. The van der Waals surface area contributed by atoms with Gasteiger partial charge in [0.05, 0.1) is 11.0 Å². The smallest absolute Gasteiger partial charge is 0.324 e. The van der Waals surface area contributed by atoms with Crippen LogP contribution in [0.2, 0.25) is 0 Å². The molecule has 0 saturated carbocycles. The molecule has 1 aromatic heterocycles. The minimum absolute atomic E-state index is 0.211. The lowest BCUT2D eigenvalue weighted by molar-refractivity contribution is -0.380. The number of thiophene rings is 1. The molecule has 0 aliphatic carbocycles. The number of nitro groups is 1. The van der Waals surface area contributed by atoms with Crippen LogP contribution in [-0.2, 0) is 11.3 Å². The van der Waals surface area contributed by atoms with Gasteiger partial charge in [0.1, 0.15) is 0 Å². The fraction of sp³-hybridized carbons (Fsp3) is 0.667. The Bertz CT molecular complexity index is 388. The van der Waals surface area contributed by atoms with Crippen molar-refractivity contribution < 1.29 is 9.66 Å². The highest BCUT2D eigenvalue weighted by Gasteiger charge is 2.13. The second-order valence-electron chi connectivity index (χ2n) is 4.45. The normalized spacial score (nSPS) is 19.9. The van der Waals surface area contributed by atoms with Gasteiger partial charge >= 0.3 is 5.00 Å². The average Bonchev–Trinajstić information content (AvgIpc) is 2.85. The Morgan fingerprint density at radius 1 is 1.50 bits per heavy atom. The summed E-state index contributed by atoms with van der Waals surface area (Å²) in [5.41, 5.74) is 0. The summed E-state index contributed by atoms with van der Waals surface area (Å²) in [6.45, 7) is 2.49. The molecule has 100 valence electrons. The zero-order valence-corrected chi connectivity index (χ0v) is 11.1. The molecule has 2 heterocycles. The summed E-state index contributed by atoms with van der Waals surface area (Å²) < 4.78 is 5.64. The van der Waals surface area contributed by atoms with Crippen molar-refractivity contribution in [2.75, 3.05) is 13.2 Å². The van der Waals surface area contributed by atoms with E-state index >= 15 is 0 Å². The molecular weight excluding hydrogens is 252 g/mol. The van der Waals surface area contributed by atoms with Crippen LogP contribution in [0, 0.1) is 10.1 Å². The third-order valence-electron chi connectivity index (χ3n) is 3.04. The van der Waals surface area contributed by atoms with E-state index in [4.69, 9.17) is 4.74 Å². The maximum atomic E-state index is 10.5. The molecule has 1 saturated heterocycles. The Morgan fingerprint density at radius 3 is 3.06 bits per heavy atom. The molecule has 0 aromatic carbocycles. The van der Waals surface area contributed by atoms with Crippen LogP contribution in [-0.4, -0.2) is 24.2 Å². The van der Waals surface area contributed by atoms with Gasteiger partial charge in [-0.1, -0.05) is 11.3 Å². The Labute approximate surface area is 110 Å². The van der Waals surface area contributed by atoms with Crippen molar-refractivity contribution >= 4 is 16.3 Å². The Morgan fingerprint density at radius 2 is 2.39 bits per heavy atom. The minimum Gasteiger partial charge on any atom is -0.378 e. The summed E-state index contributed by atoms with van der Waals surface area (Å²) in [6.07, 6.45) is 5.02. The van der Waals surface area contributed by atoms with Crippen molar-refractivity contribution in [3.05, 3.63) is 27.1 Å². The average molecular weight is 270 g/mol. The lowest BCUT2D eigenvalue weighted by atomic mass is 10.1. The van der Waals surface area contributed by atoms with Crippen LogP contribution in [0.3, 0.4) is 0 Å². The van der Waals surface area contributed by atoms with Gasteiger partial charge in [-0.25, -0.2) is 0 Å². The van der Waals surface area contributed by atoms with Crippen LogP contribution in [0.15, 0.2) is 12.1 Å². The van der Waals surface area contributed by atoms with Crippen molar-refractivity contribution in [1.29, 1.82) is 0 Å². The molecule has 0 radical (unpaired) electrons. The molecule has 1 fully saturated rings. The van der Waals surface area contributed by atoms with Gasteiger partial charge < -0.3 is 10.1 Å². The first-order chi connectivity index (χ1) is 8.75. The fourth-order valence-corrected chi connectivity index (χ4v) is 2.86. The summed E-state index contributed by atoms with van der Waals surface area (Å²) in [7, 11) is 0. The number of rotatable bonds is 6. The van der Waals surface area contributed by atoms with Crippen molar-refractivity contribution in [2.24, 2.45) is 0 Å². The second kappa shape index (κ2) is 6.82. The summed E-state index contributed by atoms with van der Waals surface area (Å²) in [4.78, 5) is 11.2. The molecule has 0 spiro atoms. The van der Waals surface area contributed by atoms with Crippen molar-refractivity contribution in [1.82, 2.24) is 5.32 Å². The predicted octanol–water partition coefficient (Wildman–Crippen LogP) is 2.71. The zero-order chi connectivity index (χ0) is 12.8. The van der Waals surface area contributed by atoms with E-state index in [-0.39, 0.29) is 9.92 Å². The summed E-state index contributed by atoms with van der Waals surface area (Å²) in [5, 5.41) is 14.0. The molecule has 1 atom stereocenters. The molecule has 1 N–H and O–H groups in total. The molecule has 18 heavy (non-hydrogen) atoms. The first-order valence-corrected chi connectivity index (χ1v) is 7.13. The first kappa shape index (κ1) is 13.5. The van der Waals surface area contributed by atoms with E-state index in [0.717, 1.165) is 30.9 Å². The van der Waals surface area contributed by atoms with E-state index in [1.54, 1.807) is 6.07 Å². The van der Waals surface area contributed by atoms with E-state index in [9.17, 15) is 10.1 Å². The minimum atomic E-state index is -0.343. The molecular formula is C12H18N2O3S. The van der Waals surface area contributed by atoms with Gasteiger partial charge in [0, 0.05) is 24.1 Å². The van der Waals surface area contributed by atoms with E-state index in [0.29, 0.717) is 12.6 Å². The molecule has 6 heteroatoms. The third-order valence-corrected chi connectivity index (χ3v) is 4.08. The molecule has 1 unspecified atom stereocenters. The lowest BCUT2D eigenvalue weighted by Gasteiger charge is -2.22. The van der Waals surface area contributed by atoms with Crippen LogP contribution in [0.4, 0.5) is 5.00 Å². The SMILES string of the molecule is O=[N+]([O-])c1ccc(CNCCC2CCCCO2)s1.